The summed E-state index contributed by atoms with van der Waals surface area (Å²) in [6.07, 6.45) is 9.64. The predicted molar refractivity (Wildman–Crippen MR) is 93.6 cm³/mol. The highest BCUT2D eigenvalue weighted by molar-refractivity contribution is 7.80. The lowest BCUT2D eigenvalue weighted by molar-refractivity contribution is 0.151. The van der Waals surface area contributed by atoms with Gasteiger partial charge in [0.05, 0.1) is 4.99 Å². The molecule has 1 aromatic rings. The molecule has 2 N–H and O–H groups in total. The molecule has 5 aliphatic carbocycles. The highest BCUT2D eigenvalue weighted by Gasteiger charge is 2.69. The fourth-order valence-electron chi connectivity index (χ4n) is 6.63. The zero-order valence-electron chi connectivity index (χ0n) is 13.1. The number of nitrogens with two attached hydrogens (primary N) is 1. The topological polar surface area (TPSA) is 26.0 Å². The molecule has 0 aliphatic heterocycles. The van der Waals surface area contributed by atoms with Gasteiger partial charge in [-0.2, -0.15) is 0 Å². The Balaban J connectivity index is 1.55. The number of benzene rings is 1. The van der Waals surface area contributed by atoms with Crippen molar-refractivity contribution in [1.82, 2.24) is 0 Å². The normalized spacial score (nSPS) is 45.4. The lowest BCUT2D eigenvalue weighted by Gasteiger charge is -2.43. The molecule has 5 atom stereocenters. The summed E-state index contributed by atoms with van der Waals surface area (Å²) >= 11 is 5.62. The smallest absolute Gasteiger partial charge is 0.0793 e. The molecule has 22 heavy (non-hydrogen) atoms. The molecule has 0 heterocycles. The fourth-order valence-corrected chi connectivity index (χ4v) is 6.94. The van der Waals surface area contributed by atoms with Crippen molar-refractivity contribution in [2.75, 3.05) is 0 Å². The van der Waals surface area contributed by atoms with Gasteiger partial charge in [0.15, 0.2) is 0 Å². The quantitative estimate of drug-likeness (QED) is 0.832. The summed E-state index contributed by atoms with van der Waals surface area (Å²) in [4.78, 5) is 0.832. The first kappa shape index (κ1) is 13.5. The predicted octanol–water partition coefficient (Wildman–Crippen LogP) is 4.45. The van der Waals surface area contributed by atoms with E-state index in [2.05, 4.69) is 30.3 Å². The third-order valence-corrected chi connectivity index (χ3v) is 7.96. The maximum atomic E-state index is 6.33. The lowest BCUT2D eigenvalue weighted by Crippen LogP contribution is -2.40. The first-order chi connectivity index (χ1) is 10.6. The van der Waals surface area contributed by atoms with Crippen molar-refractivity contribution in [2.45, 2.75) is 50.4 Å². The standard InChI is InChI=1S/C20H25NS/c21-18(22)20-10-14-9-19(12-20,15-4-2-1-3-5-15)11-17(20)16(14)8-13-6-7-13/h1-5,13-14,16-17H,6-12H2,(H2,21,22). The Kier molecular flexibility index (Phi) is 2.67. The Morgan fingerprint density at radius 2 is 1.91 bits per heavy atom. The number of hydrogen-bond acceptors (Lipinski definition) is 1. The first-order valence-corrected chi connectivity index (χ1v) is 9.39. The van der Waals surface area contributed by atoms with Gasteiger partial charge in [0.25, 0.3) is 0 Å². The van der Waals surface area contributed by atoms with Gasteiger partial charge < -0.3 is 5.73 Å². The Morgan fingerprint density at radius 1 is 1.14 bits per heavy atom. The number of thiocarbonyl (C=S) groups is 1. The molecule has 5 fully saturated rings. The van der Waals surface area contributed by atoms with Crippen molar-refractivity contribution < 1.29 is 0 Å². The Bertz CT molecular complexity index is 622. The van der Waals surface area contributed by atoms with Crippen LogP contribution in [0.2, 0.25) is 0 Å². The molecule has 116 valence electrons. The third-order valence-electron chi connectivity index (χ3n) is 7.56. The Labute approximate surface area is 138 Å². The third kappa shape index (κ3) is 1.68. The second-order valence-corrected chi connectivity index (χ2v) is 9.11. The maximum absolute atomic E-state index is 6.33. The van der Waals surface area contributed by atoms with Gasteiger partial charge in [0, 0.05) is 5.41 Å². The fraction of sp³-hybridized carbons (Fsp3) is 0.650. The molecular weight excluding hydrogens is 286 g/mol. The van der Waals surface area contributed by atoms with Gasteiger partial charge in [-0.15, -0.1) is 0 Å². The van der Waals surface area contributed by atoms with Crippen LogP contribution < -0.4 is 5.73 Å². The van der Waals surface area contributed by atoms with E-state index in [9.17, 15) is 0 Å². The van der Waals surface area contributed by atoms with Gasteiger partial charge in [0.1, 0.15) is 0 Å². The van der Waals surface area contributed by atoms with Crippen LogP contribution in [0.25, 0.3) is 0 Å². The van der Waals surface area contributed by atoms with Crippen molar-refractivity contribution in [3.63, 3.8) is 0 Å². The molecule has 0 amide bonds. The molecule has 5 aliphatic rings. The van der Waals surface area contributed by atoms with E-state index >= 15 is 0 Å². The molecule has 1 nitrogen and oxygen atoms in total. The summed E-state index contributed by atoms with van der Waals surface area (Å²) in [7, 11) is 0. The molecule has 5 unspecified atom stereocenters. The number of hydrogen-bond donors (Lipinski definition) is 1. The number of rotatable bonds is 4. The van der Waals surface area contributed by atoms with Crippen LogP contribution >= 0.6 is 12.2 Å². The zero-order valence-corrected chi connectivity index (χ0v) is 13.9. The molecule has 5 saturated carbocycles. The largest absolute Gasteiger partial charge is 0.393 e. The van der Waals surface area contributed by atoms with Gasteiger partial charge in [0.2, 0.25) is 0 Å². The summed E-state index contributed by atoms with van der Waals surface area (Å²) in [6, 6.07) is 11.2. The minimum Gasteiger partial charge on any atom is -0.393 e. The lowest BCUT2D eigenvalue weighted by atomic mass is 9.61. The molecule has 1 aromatic carbocycles. The van der Waals surface area contributed by atoms with Gasteiger partial charge >= 0.3 is 0 Å². The minimum atomic E-state index is 0.188. The molecule has 0 spiro atoms. The van der Waals surface area contributed by atoms with Crippen LogP contribution in [0, 0.1) is 29.1 Å². The Morgan fingerprint density at radius 3 is 2.59 bits per heavy atom. The molecule has 0 saturated heterocycles. The van der Waals surface area contributed by atoms with E-state index in [1.807, 2.05) is 0 Å². The minimum absolute atomic E-state index is 0.188. The van der Waals surface area contributed by atoms with E-state index in [0.29, 0.717) is 5.41 Å². The van der Waals surface area contributed by atoms with Crippen LogP contribution in [0.4, 0.5) is 0 Å². The van der Waals surface area contributed by atoms with Crippen molar-refractivity contribution in [3.8, 4) is 0 Å². The monoisotopic (exact) mass is 311 g/mol. The van der Waals surface area contributed by atoms with Crippen molar-refractivity contribution in [1.29, 1.82) is 0 Å². The summed E-state index contributed by atoms with van der Waals surface area (Å²) in [5.74, 6) is 3.58. The molecule has 2 heteroatoms. The van der Waals surface area contributed by atoms with E-state index in [4.69, 9.17) is 18.0 Å². The summed E-state index contributed by atoms with van der Waals surface area (Å²) in [5, 5.41) is 0. The van der Waals surface area contributed by atoms with Gasteiger partial charge in [-0.1, -0.05) is 55.4 Å². The summed E-state index contributed by atoms with van der Waals surface area (Å²) in [6.45, 7) is 0. The molecular formula is C20H25NS. The SMILES string of the molecule is NC(=S)C12CC3CC(c4ccccc4)(CC1C3CC1CC1)C2. The average molecular weight is 311 g/mol. The highest BCUT2D eigenvalue weighted by Crippen LogP contribution is 2.73. The zero-order chi connectivity index (χ0) is 14.9. The van der Waals surface area contributed by atoms with Crippen molar-refractivity contribution in [3.05, 3.63) is 35.9 Å². The van der Waals surface area contributed by atoms with Crippen LogP contribution in [-0.2, 0) is 5.41 Å². The molecule has 6 rings (SSSR count). The van der Waals surface area contributed by atoms with Gasteiger partial charge in [-0.25, -0.2) is 0 Å². The van der Waals surface area contributed by atoms with Crippen molar-refractivity contribution >= 4 is 17.2 Å². The van der Waals surface area contributed by atoms with Crippen LogP contribution in [0.1, 0.15) is 50.5 Å². The van der Waals surface area contributed by atoms with E-state index in [-0.39, 0.29) is 5.41 Å². The van der Waals surface area contributed by atoms with Gasteiger partial charge in [-0.05, 0) is 66.8 Å². The highest BCUT2D eigenvalue weighted by atomic mass is 32.1. The van der Waals surface area contributed by atoms with Crippen LogP contribution in [0.15, 0.2) is 30.3 Å². The van der Waals surface area contributed by atoms with E-state index in [1.54, 1.807) is 5.56 Å². The second kappa shape index (κ2) is 4.35. The van der Waals surface area contributed by atoms with E-state index in [1.165, 1.54) is 44.9 Å². The first-order valence-electron chi connectivity index (χ1n) is 8.98. The van der Waals surface area contributed by atoms with E-state index < -0.39 is 0 Å². The molecule has 0 aromatic heterocycles. The van der Waals surface area contributed by atoms with Gasteiger partial charge in [-0.3, -0.25) is 0 Å². The summed E-state index contributed by atoms with van der Waals surface area (Å²) < 4.78 is 0. The molecule has 0 radical (unpaired) electrons. The average Bonchev–Trinajstić information content (AvgIpc) is 3.27. The second-order valence-electron chi connectivity index (χ2n) is 8.67. The van der Waals surface area contributed by atoms with Crippen LogP contribution in [-0.4, -0.2) is 4.99 Å². The van der Waals surface area contributed by atoms with Crippen molar-refractivity contribution in [2.24, 2.45) is 34.8 Å². The maximum Gasteiger partial charge on any atom is 0.0793 e. The Hall–Kier alpha value is -0.890. The van der Waals surface area contributed by atoms with Crippen LogP contribution in [0.3, 0.4) is 0 Å². The van der Waals surface area contributed by atoms with E-state index in [0.717, 1.165) is 28.7 Å². The summed E-state index contributed by atoms with van der Waals surface area (Å²) in [5.41, 5.74) is 8.44. The molecule has 4 bridgehead atoms. The van der Waals surface area contributed by atoms with Crippen LogP contribution in [0.5, 0.6) is 0 Å².